The summed E-state index contributed by atoms with van der Waals surface area (Å²) in [6.45, 7) is 2.05. The normalized spacial score (nSPS) is 28.0. The molecular weight excluding hydrogens is 299 g/mol. The van der Waals surface area contributed by atoms with E-state index in [1.54, 1.807) is 4.90 Å². The van der Waals surface area contributed by atoms with Gasteiger partial charge in [-0.3, -0.25) is 9.69 Å². The zero-order valence-corrected chi connectivity index (χ0v) is 13.4. The van der Waals surface area contributed by atoms with Crippen molar-refractivity contribution in [2.24, 2.45) is 0 Å². The third kappa shape index (κ3) is 4.28. The van der Waals surface area contributed by atoms with Crippen molar-refractivity contribution >= 4 is 5.91 Å². The molecule has 1 aliphatic heterocycles. The number of halogens is 1. The summed E-state index contributed by atoms with van der Waals surface area (Å²) in [4.78, 5) is 13.6. The zero-order chi connectivity index (χ0) is 16.8. The van der Waals surface area contributed by atoms with Gasteiger partial charge in [-0.2, -0.15) is 0 Å². The number of carbonyl (C=O) groups is 1. The van der Waals surface area contributed by atoms with Crippen LogP contribution in [-0.4, -0.2) is 65.1 Å². The Morgan fingerprint density at radius 1 is 1.22 bits per heavy atom. The van der Waals surface area contributed by atoms with Crippen LogP contribution in [0.1, 0.15) is 18.9 Å². The molecule has 1 aliphatic rings. The van der Waals surface area contributed by atoms with Gasteiger partial charge in [0, 0.05) is 25.6 Å². The number of hydrogen-bond donors (Lipinski definition) is 3. The summed E-state index contributed by atoms with van der Waals surface area (Å²) < 4.78 is 13.3. The minimum Gasteiger partial charge on any atom is -0.389 e. The SMILES string of the molecule is CCNC(=O)CC1C(O)C(O)C(CF)N1CCc1ccccc1. The van der Waals surface area contributed by atoms with E-state index >= 15 is 0 Å². The minimum absolute atomic E-state index is 0.0529. The molecule has 1 saturated heterocycles. The number of aliphatic hydroxyl groups is 2. The number of benzene rings is 1. The fourth-order valence-corrected chi connectivity index (χ4v) is 3.21. The molecule has 5 nitrogen and oxygen atoms in total. The van der Waals surface area contributed by atoms with Gasteiger partial charge in [0.15, 0.2) is 0 Å². The van der Waals surface area contributed by atoms with E-state index in [0.29, 0.717) is 19.5 Å². The second-order valence-electron chi connectivity index (χ2n) is 5.90. The van der Waals surface area contributed by atoms with Gasteiger partial charge in [0.25, 0.3) is 0 Å². The maximum Gasteiger partial charge on any atom is 0.221 e. The molecule has 0 saturated carbocycles. The molecule has 4 unspecified atom stereocenters. The van der Waals surface area contributed by atoms with E-state index in [1.807, 2.05) is 37.3 Å². The predicted octanol–water partition coefficient (Wildman–Crippen LogP) is 0.499. The van der Waals surface area contributed by atoms with Crippen molar-refractivity contribution in [1.82, 2.24) is 10.2 Å². The molecule has 0 spiro atoms. The fourth-order valence-electron chi connectivity index (χ4n) is 3.21. The Hall–Kier alpha value is -1.50. The third-order valence-corrected chi connectivity index (χ3v) is 4.42. The quantitative estimate of drug-likeness (QED) is 0.683. The second kappa shape index (κ2) is 8.38. The lowest BCUT2D eigenvalue weighted by molar-refractivity contribution is -0.122. The Kier molecular flexibility index (Phi) is 6.50. The standard InChI is InChI=1S/C17H25FN2O3/c1-2-19-15(21)10-13-16(22)17(23)14(11-18)20(13)9-8-12-6-4-3-5-7-12/h3-7,13-14,16-17,22-23H,2,8-11H2,1H3,(H,19,21). The van der Waals surface area contributed by atoms with Crippen LogP contribution in [0.15, 0.2) is 30.3 Å². The van der Waals surface area contributed by atoms with Crippen LogP contribution in [0.5, 0.6) is 0 Å². The van der Waals surface area contributed by atoms with Gasteiger partial charge in [0.2, 0.25) is 5.91 Å². The van der Waals surface area contributed by atoms with Gasteiger partial charge < -0.3 is 15.5 Å². The van der Waals surface area contributed by atoms with E-state index in [-0.39, 0.29) is 12.3 Å². The topological polar surface area (TPSA) is 72.8 Å². The first kappa shape index (κ1) is 17.8. The van der Waals surface area contributed by atoms with Gasteiger partial charge in [-0.15, -0.1) is 0 Å². The zero-order valence-electron chi connectivity index (χ0n) is 13.4. The summed E-state index contributed by atoms with van der Waals surface area (Å²) in [5.41, 5.74) is 1.10. The molecule has 1 fully saturated rings. The van der Waals surface area contributed by atoms with Crippen molar-refractivity contribution < 1.29 is 19.4 Å². The summed E-state index contributed by atoms with van der Waals surface area (Å²) in [7, 11) is 0. The van der Waals surface area contributed by atoms with Crippen molar-refractivity contribution in [3.8, 4) is 0 Å². The van der Waals surface area contributed by atoms with Crippen LogP contribution in [0.2, 0.25) is 0 Å². The van der Waals surface area contributed by atoms with Crippen molar-refractivity contribution in [3.05, 3.63) is 35.9 Å². The Balaban J connectivity index is 2.07. The predicted molar refractivity (Wildman–Crippen MR) is 85.7 cm³/mol. The summed E-state index contributed by atoms with van der Waals surface area (Å²) in [5.74, 6) is -0.201. The molecule has 0 radical (unpaired) electrons. The average molecular weight is 324 g/mol. The molecule has 0 aliphatic carbocycles. The van der Waals surface area contributed by atoms with Crippen molar-refractivity contribution in [2.45, 2.75) is 44.1 Å². The van der Waals surface area contributed by atoms with Crippen LogP contribution in [0.4, 0.5) is 4.39 Å². The molecule has 3 N–H and O–H groups in total. The molecular formula is C17H25FN2O3. The first-order valence-corrected chi connectivity index (χ1v) is 8.07. The molecule has 128 valence electrons. The monoisotopic (exact) mass is 324 g/mol. The Morgan fingerprint density at radius 3 is 2.48 bits per heavy atom. The highest BCUT2D eigenvalue weighted by Gasteiger charge is 2.47. The molecule has 1 amide bonds. The molecule has 1 aromatic carbocycles. The molecule has 1 aromatic rings. The van der Waals surface area contributed by atoms with Gasteiger partial charge in [-0.1, -0.05) is 30.3 Å². The van der Waals surface area contributed by atoms with E-state index in [0.717, 1.165) is 5.56 Å². The number of aliphatic hydroxyl groups excluding tert-OH is 2. The van der Waals surface area contributed by atoms with Gasteiger partial charge in [0.1, 0.15) is 6.67 Å². The van der Waals surface area contributed by atoms with Crippen LogP contribution >= 0.6 is 0 Å². The van der Waals surface area contributed by atoms with E-state index in [1.165, 1.54) is 0 Å². The van der Waals surface area contributed by atoms with Crippen LogP contribution < -0.4 is 5.32 Å². The van der Waals surface area contributed by atoms with Gasteiger partial charge in [0.05, 0.1) is 18.2 Å². The first-order valence-electron chi connectivity index (χ1n) is 8.07. The molecule has 6 heteroatoms. The van der Waals surface area contributed by atoms with E-state index < -0.39 is 31.0 Å². The Bertz CT molecular complexity index is 500. The van der Waals surface area contributed by atoms with Crippen LogP contribution in [-0.2, 0) is 11.2 Å². The Morgan fingerprint density at radius 2 is 1.87 bits per heavy atom. The smallest absolute Gasteiger partial charge is 0.221 e. The van der Waals surface area contributed by atoms with Crippen molar-refractivity contribution in [3.63, 3.8) is 0 Å². The molecule has 23 heavy (non-hydrogen) atoms. The summed E-state index contributed by atoms with van der Waals surface area (Å²) in [6.07, 6.45) is -1.57. The lowest BCUT2D eigenvalue weighted by Crippen LogP contribution is -2.44. The van der Waals surface area contributed by atoms with Crippen molar-refractivity contribution in [2.75, 3.05) is 19.8 Å². The number of amides is 1. The van der Waals surface area contributed by atoms with Crippen LogP contribution in [0.3, 0.4) is 0 Å². The summed E-state index contributed by atoms with van der Waals surface area (Å²) in [5, 5.41) is 23.0. The second-order valence-corrected chi connectivity index (χ2v) is 5.90. The molecule has 0 bridgehead atoms. The molecule has 0 aromatic heterocycles. The fraction of sp³-hybridized carbons (Fsp3) is 0.588. The number of carbonyl (C=O) groups excluding carboxylic acids is 1. The molecule has 4 atom stereocenters. The third-order valence-electron chi connectivity index (χ3n) is 4.42. The van der Waals surface area contributed by atoms with E-state index in [9.17, 15) is 19.4 Å². The lowest BCUT2D eigenvalue weighted by atomic mass is 10.1. The lowest BCUT2D eigenvalue weighted by Gasteiger charge is -2.29. The van der Waals surface area contributed by atoms with Crippen LogP contribution in [0.25, 0.3) is 0 Å². The highest BCUT2D eigenvalue weighted by molar-refractivity contribution is 5.76. The summed E-state index contributed by atoms with van der Waals surface area (Å²) >= 11 is 0. The number of rotatable bonds is 7. The minimum atomic E-state index is -1.17. The maximum absolute atomic E-state index is 13.3. The largest absolute Gasteiger partial charge is 0.389 e. The first-order chi connectivity index (χ1) is 11.1. The van der Waals surface area contributed by atoms with Crippen molar-refractivity contribution in [1.29, 1.82) is 0 Å². The highest BCUT2D eigenvalue weighted by atomic mass is 19.1. The van der Waals surface area contributed by atoms with Gasteiger partial charge >= 0.3 is 0 Å². The van der Waals surface area contributed by atoms with Gasteiger partial charge in [-0.25, -0.2) is 4.39 Å². The van der Waals surface area contributed by atoms with E-state index in [4.69, 9.17) is 0 Å². The van der Waals surface area contributed by atoms with E-state index in [2.05, 4.69) is 5.32 Å². The Labute approximate surface area is 136 Å². The number of likely N-dealkylation sites (tertiary alicyclic amines) is 1. The van der Waals surface area contributed by atoms with Gasteiger partial charge in [-0.05, 0) is 18.9 Å². The molecule has 1 heterocycles. The highest BCUT2D eigenvalue weighted by Crippen LogP contribution is 2.28. The number of alkyl halides is 1. The maximum atomic E-state index is 13.3. The van der Waals surface area contributed by atoms with Crippen LogP contribution in [0, 0.1) is 0 Å². The average Bonchev–Trinajstić information content (AvgIpc) is 2.78. The number of nitrogens with zero attached hydrogens (tertiary/aromatic N) is 1. The summed E-state index contributed by atoms with van der Waals surface area (Å²) in [6, 6.07) is 8.41. The molecule has 2 rings (SSSR count). The number of nitrogens with one attached hydrogen (secondary N) is 1. The number of hydrogen-bond acceptors (Lipinski definition) is 4.